The van der Waals surface area contributed by atoms with E-state index in [0.29, 0.717) is 34.5 Å². The number of fused-ring (bicyclic) bond motifs is 3. The highest BCUT2D eigenvalue weighted by Crippen LogP contribution is 2.40. The number of hydrogen-bond acceptors (Lipinski definition) is 3. The van der Waals surface area contributed by atoms with Crippen LogP contribution in [0.1, 0.15) is 49.9 Å². The van der Waals surface area contributed by atoms with Crippen LogP contribution in [0.25, 0.3) is 10.9 Å². The van der Waals surface area contributed by atoms with E-state index in [2.05, 4.69) is 16.7 Å². The summed E-state index contributed by atoms with van der Waals surface area (Å²) >= 11 is 6.23. The fraction of sp³-hybridized carbons (Fsp3) is 0.185. The Balaban J connectivity index is 1.73. The maximum atomic E-state index is 13.5. The molecule has 1 atom stereocenters. The predicted octanol–water partition coefficient (Wildman–Crippen LogP) is 6.04. The van der Waals surface area contributed by atoms with E-state index in [9.17, 15) is 9.59 Å². The van der Waals surface area contributed by atoms with Crippen LogP contribution in [0.2, 0.25) is 5.02 Å². The summed E-state index contributed by atoms with van der Waals surface area (Å²) in [6.07, 6.45) is 1.14. The minimum absolute atomic E-state index is 0.0614. The molecule has 1 heterocycles. The number of ether oxygens (including phenoxy) is 1. The number of carbonyl (C=O) groups is 2. The number of halogens is 1. The minimum atomic E-state index is -0.434. The zero-order valence-corrected chi connectivity index (χ0v) is 18.4. The zero-order chi connectivity index (χ0) is 22.2. The first-order chi connectivity index (χ1) is 15.6. The molecule has 5 heteroatoms. The standard InChI is InChI=1S/C27H22ClNO3/c1-32-27(31)21-11-6-12-22-25(21)26-23(29(22)16-17-7-5-10-20(28)13-17)14-19(15-24(26)30)18-8-3-2-4-9-18/h2-13,19H,14-16H2,1H3. The van der Waals surface area contributed by atoms with E-state index in [-0.39, 0.29) is 11.7 Å². The van der Waals surface area contributed by atoms with E-state index in [1.54, 1.807) is 6.07 Å². The molecule has 0 amide bonds. The van der Waals surface area contributed by atoms with E-state index in [0.717, 1.165) is 28.8 Å². The molecule has 0 radical (unpaired) electrons. The van der Waals surface area contributed by atoms with Crippen molar-refractivity contribution in [1.82, 2.24) is 4.57 Å². The number of hydrogen-bond donors (Lipinski definition) is 0. The van der Waals surface area contributed by atoms with Gasteiger partial charge >= 0.3 is 5.97 Å². The minimum Gasteiger partial charge on any atom is -0.465 e. The van der Waals surface area contributed by atoms with E-state index >= 15 is 0 Å². The van der Waals surface area contributed by atoms with Crippen molar-refractivity contribution >= 4 is 34.3 Å². The average molecular weight is 444 g/mol. The maximum absolute atomic E-state index is 13.5. The van der Waals surface area contributed by atoms with Crippen LogP contribution in [-0.4, -0.2) is 23.4 Å². The number of esters is 1. The van der Waals surface area contributed by atoms with Gasteiger partial charge in [-0.2, -0.15) is 0 Å². The van der Waals surface area contributed by atoms with E-state index in [4.69, 9.17) is 16.3 Å². The molecular weight excluding hydrogens is 422 g/mol. The number of nitrogens with zero attached hydrogens (tertiary/aromatic N) is 1. The molecule has 0 aliphatic heterocycles. The lowest BCUT2D eigenvalue weighted by atomic mass is 9.81. The summed E-state index contributed by atoms with van der Waals surface area (Å²) in [5.41, 5.74) is 5.09. The third kappa shape index (κ3) is 3.51. The normalized spacial score (nSPS) is 15.6. The number of methoxy groups -OCH3 is 1. The van der Waals surface area contributed by atoms with Crippen molar-refractivity contribution in [3.63, 3.8) is 0 Å². The van der Waals surface area contributed by atoms with Crippen molar-refractivity contribution < 1.29 is 14.3 Å². The number of carbonyl (C=O) groups excluding carboxylic acids is 2. The molecule has 4 nitrogen and oxygen atoms in total. The molecule has 0 fully saturated rings. The molecule has 1 unspecified atom stereocenters. The van der Waals surface area contributed by atoms with Crippen LogP contribution in [0.4, 0.5) is 0 Å². The molecule has 4 aromatic rings. The van der Waals surface area contributed by atoms with E-state index < -0.39 is 5.97 Å². The van der Waals surface area contributed by atoms with Crippen molar-refractivity contribution in [2.45, 2.75) is 25.3 Å². The van der Waals surface area contributed by atoms with Crippen molar-refractivity contribution in [2.24, 2.45) is 0 Å². The topological polar surface area (TPSA) is 48.3 Å². The Morgan fingerprint density at radius 2 is 1.81 bits per heavy atom. The van der Waals surface area contributed by atoms with Crippen molar-refractivity contribution in [1.29, 1.82) is 0 Å². The summed E-state index contributed by atoms with van der Waals surface area (Å²) in [5.74, 6) is -0.275. The van der Waals surface area contributed by atoms with Gasteiger partial charge in [0.25, 0.3) is 0 Å². The quantitative estimate of drug-likeness (QED) is 0.361. The molecule has 3 aromatic carbocycles. The average Bonchev–Trinajstić information content (AvgIpc) is 3.13. The van der Waals surface area contributed by atoms with Gasteiger partial charge in [-0.15, -0.1) is 0 Å². The van der Waals surface area contributed by atoms with E-state index in [1.165, 1.54) is 7.11 Å². The van der Waals surface area contributed by atoms with E-state index in [1.807, 2.05) is 54.6 Å². The third-order valence-corrected chi connectivity index (χ3v) is 6.49. The second-order valence-electron chi connectivity index (χ2n) is 8.17. The smallest absolute Gasteiger partial charge is 0.338 e. The molecule has 160 valence electrons. The lowest BCUT2D eigenvalue weighted by Crippen LogP contribution is -2.21. The monoisotopic (exact) mass is 443 g/mol. The molecular formula is C27H22ClNO3. The van der Waals surface area contributed by atoms with Crippen LogP contribution in [0, 0.1) is 0 Å². The molecule has 0 bridgehead atoms. The summed E-state index contributed by atoms with van der Waals surface area (Å²) in [6.45, 7) is 0.561. The Kier molecular flexibility index (Phi) is 5.32. The van der Waals surface area contributed by atoms with Gasteiger partial charge in [0.15, 0.2) is 5.78 Å². The first kappa shape index (κ1) is 20.5. The van der Waals surface area contributed by atoms with Crippen LogP contribution >= 0.6 is 11.6 Å². The van der Waals surface area contributed by atoms with Gasteiger partial charge < -0.3 is 9.30 Å². The summed E-state index contributed by atoms with van der Waals surface area (Å²) in [7, 11) is 1.36. The highest BCUT2D eigenvalue weighted by Gasteiger charge is 2.33. The van der Waals surface area contributed by atoms with Crippen molar-refractivity contribution in [3.8, 4) is 0 Å². The SMILES string of the molecule is COC(=O)c1cccc2c1c1c(n2Cc2cccc(Cl)c2)CC(c2ccccc2)CC1=O. The fourth-order valence-electron chi connectivity index (χ4n) is 4.84. The van der Waals surface area contributed by atoms with Gasteiger partial charge in [-0.3, -0.25) is 4.79 Å². The Bertz CT molecular complexity index is 1340. The van der Waals surface area contributed by atoms with Crippen LogP contribution in [0.5, 0.6) is 0 Å². The first-order valence-corrected chi connectivity index (χ1v) is 11.0. The van der Waals surface area contributed by atoms with Gasteiger partial charge in [0.2, 0.25) is 0 Å². The Morgan fingerprint density at radius 1 is 1.03 bits per heavy atom. The van der Waals surface area contributed by atoms with Crippen molar-refractivity contribution in [2.75, 3.05) is 7.11 Å². The Hall–Kier alpha value is -3.37. The molecule has 0 spiro atoms. The maximum Gasteiger partial charge on any atom is 0.338 e. The second-order valence-corrected chi connectivity index (χ2v) is 8.60. The second kappa shape index (κ2) is 8.29. The number of ketones is 1. The number of benzene rings is 3. The lowest BCUT2D eigenvalue weighted by Gasteiger charge is -2.24. The fourth-order valence-corrected chi connectivity index (χ4v) is 5.05. The molecule has 1 aromatic heterocycles. The van der Waals surface area contributed by atoms with Gasteiger partial charge in [-0.05, 0) is 47.7 Å². The first-order valence-electron chi connectivity index (χ1n) is 10.6. The molecule has 0 saturated carbocycles. The van der Waals surface area contributed by atoms with Gasteiger partial charge in [-0.25, -0.2) is 4.79 Å². The molecule has 0 N–H and O–H groups in total. The molecule has 32 heavy (non-hydrogen) atoms. The predicted molar refractivity (Wildman–Crippen MR) is 126 cm³/mol. The summed E-state index contributed by atoms with van der Waals surface area (Å²) in [4.78, 5) is 26.0. The largest absolute Gasteiger partial charge is 0.465 e. The summed E-state index contributed by atoms with van der Waals surface area (Å²) < 4.78 is 7.19. The highest BCUT2D eigenvalue weighted by molar-refractivity contribution is 6.30. The van der Waals surface area contributed by atoms with Crippen LogP contribution in [-0.2, 0) is 17.7 Å². The number of aromatic nitrogens is 1. The molecule has 0 saturated heterocycles. The summed E-state index contributed by atoms with van der Waals surface area (Å²) in [5, 5.41) is 1.36. The lowest BCUT2D eigenvalue weighted by molar-refractivity contribution is 0.0603. The van der Waals surface area contributed by atoms with Gasteiger partial charge in [0, 0.05) is 34.6 Å². The number of rotatable bonds is 4. The van der Waals surface area contributed by atoms with Crippen LogP contribution in [0.15, 0.2) is 72.8 Å². The van der Waals surface area contributed by atoms with Gasteiger partial charge in [0.05, 0.1) is 18.2 Å². The zero-order valence-electron chi connectivity index (χ0n) is 17.7. The van der Waals surface area contributed by atoms with Crippen LogP contribution in [0.3, 0.4) is 0 Å². The highest BCUT2D eigenvalue weighted by atomic mass is 35.5. The van der Waals surface area contributed by atoms with Crippen LogP contribution < -0.4 is 0 Å². The Morgan fingerprint density at radius 3 is 2.56 bits per heavy atom. The van der Waals surface area contributed by atoms with Crippen molar-refractivity contribution in [3.05, 3.63) is 106 Å². The Labute approximate surface area is 191 Å². The number of Topliss-reactive ketones (excluding diaryl/α,β-unsaturated/α-hetero) is 1. The summed E-state index contributed by atoms with van der Waals surface area (Å²) in [6, 6.07) is 23.4. The molecule has 5 rings (SSSR count). The van der Waals surface area contributed by atoms with Gasteiger partial charge in [0.1, 0.15) is 0 Å². The van der Waals surface area contributed by atoms with Gasteiger partial charge in [-0.1, -0.05) is 60.1 Å². The third-order valence-electron chi connectivity index (χ3n) is 6.25. The molecule has 1 aliphatic rings. The molecule has 1 aliphatic carbocycles.